The van der Waals surface area contributed by atoms with Crippen molar-refractivity contribution in [1.29, 1.82) is 0 Å². The highest BCUT2D eigenvalue weighted by atomic mass is 35.5. The molecule has 2 aromatic carbocycles. The van der Waals surface area contributed by atoms with Crippen molar-refractivity contribution in [3.05, 3.63) is 59.8 Å². The van der Waals surface area contributed by atoms with Crippen molar-refractivity contribution < 1.29 is 10.2 Å². The highest BCUT2D eigenvalue weighted by Crippen LogP contribution is 2.27. The zero-order chi connectivity index (χ0) is 18.8. The van der Waals surface area contributed by atoms with Crippen molar-refractivity contribution in [2.75, 3.05) is 37.6 Å². The van der Waals surface area contributed by atoms with Gasteiger partial charge in [0, 0.05) is 50.9 Å². The number of para-hydroxylation sites is 2. The van der Waals surface area contributed by atoms with E-state index in [9.17, 15) is 10.2 Å². The molecule has 0 bridgehead atoms. The second-order valence-corrected chi connectivity index (χ2v) is 7.48. The molecule has 1 aliphatic rings. The van der Waals surface area contributed by atoms with Gasteiger partial charge in [-0.1, -0.05) is 35.9 Å². The number of piperazine rings is 1. The topological polar surface area (TPSA) is 51.9 Å². The Labute approximate surface area is 164 Å². The summed E-state index contributed by atoms with van der Waals surface area (Å²) in [5, 5.41) is 22.2. The minimum absolute atomic E-state index is 0.256. The second-order valence-electron chi connectivity index (χ2n) is 7.08. The third kappa shape index (κ3) is 3.90. The Bertz CT molecular complexity index is 919. The van der Waals surface area contributed by atoms with Gasteiger partial charge in [-0.05, 0) is 24.3 Å². The average molecular weight is 386 g/mol. The van der Waals surface area contributed by atoms with Gasteiger partial charge in [0.2, 0.25) is 0 Å². The Morgan fingerprint density at radius 1 is 0.926 bits per heavy atom. The quantitative estimate of drug-likeness (QED) is 0.708. The zero-order valence-electron chi connectivity index (χ0n) is 15.1. The van der Waals surface area contributed by atoms with Crippen LogP contribution >= 0.6 is 11.6 Å². The number of anilines is 1. The van der Waals surface area contributed by atoms with Gasteiger partial charge in [-0.15, -0.1) is 0 Å². The first-order valence-corrected chi connectivity index (χ1v) is 9.66. The summed E-state index contributed by atoms with van der Waals surface area (Å²) in [6, 6.07) is 15.6. The molecule has 27 heavy (non-hydrogen) atoms. The lowest BCUT2D eigenvalue weighted by Gasteiger charge is -2.37. The third-order valence-corrected chi connectivity index (χ3v) is 5.53. The SMILES string of the molecule is Oc1cn(C[C@H](O)CN2CCN(c3ccccc3Cl)CC2)c2ccccc12. The van der Waals surface area contributed by atoms with Crippen molar-refractivity contribution in [1.82, 2.24) is 9.47 Å². The third-order valence-electron chi connectivity index (χ3n) is 5.21. The molecule has 0 saturated carbocycles. The predicted molar refractivity (Wildman–Crippen MR) is 110 cm³/mol. The normalized spacial score (nSPS) is 16.7. The Balaban J connectivity index is 1.34. The molecule has 1 aliphatic heterocycles. The van der Waals surface area contributed by atoms with Gasteiger partial charge < -0.3 is 19.7 Å². The van der Waals surface area contributed by atoms with Crippen molar-refractivity contribution in [3.8, 4) is 5.75 Å². The summed E-state index contributed by atoms with van der Waals surface area (Å²) in [5.41, 5.74) is 2.02. The smallest absolute Gasteiger partial charge is 0.141 e. The van der Waals surface area contributed by atoms with Gasteiger partial charge in [0.1, 0.15) is 5.75 Å². The van der Waals surface area contributed by atoms with Gasteiger partial charge in [-0.3, -0.25) is 4.90 Å². The molecule has 0 amide bonds. The maximum Gasteiger partial charge on any atom is 0.141 e. The van der Waals surface area contributed by atoms with Crippen molar-refractivity contribution in [2.24, 2.45) is 0 Å². The van der Waals surface area contributed by atoms with Crippen molar-refractivity contribution in [3.63, 3.8) is 0 Å². The first kappa shape index (κ1) is 18.2. The van der Waals surface area contributed by atoms with E-state index in [1.165, 1.54) is 0 Å². The van der Waals surface area contributed by atoms with Gasteiger partial charge in [-0.2, -0.15) is 0 Å². The van der Waals surface area contributed by atoms with E-state index in [2.05, 4.69) is 15.9 Å². The largest absolute Gasteiger partial charge is 0.506 e. The van der Waals surface area contributed by atoms with Gasteiger partial charge >= 0.3 is 0 Å². The zero-order valence-corrected chi connectivity index (χ0v) is 15.9. The lowest BCUT2D eigenvalue weighted by molar-refractivity contribution is 0.0959. The Hall–Kier alpha value is -2.21. The minimum Gasteiger partial charge on any atom is -0.506 e. The number of hydrogen-bond donors (Lipinski definition) is 2. The Morgan fingerprint density at radius 2 is 1.63 bits per heavy atom. The number of aromatic nitrogens is 1. The Kier molecular flexibility index (Phi) is 5.25. The number of fused-ring (bicyclic) bond motifs is 1. The fourth-order valence-electron chi connectivity index (χ4n) is 3.84. The minimum atomic E-state index is -0.493. The van der Waals surface area contributed by atoms with E-state index in [1.807, 2.05) is 47.0 Å². The number of aromatic hydroxyl groups is 1. The van der Waals surface area contributed by atoms with Gasteiger partial charge in [0.05, 0.1) is 22.3 Å². The number of aliphatic hydroxyl groups is 1. The second kappa shape index (κ2) is 7.80. The number of halogens is 1. The molecule has 6 heteroatoms. The van der Waals surface area contributed by atoms with Crippen LogP contribution in [0, 0.1) is 0 Å². The molecular weight excluding hydrogens is 362 g/mol. The van der Waals surface area contributed by atoms with Crippen LogP contribution in [-0.2, 0) is 6.54 Å². The molecule has 0 spiro atoms. The van der Waals surface area contributed by atoms with Crippen LogP contribution in [0.2, 0.25) is 5.02 Å². The van der Waals surface area contributed by atoms with E-state index >= 15 is 0 Å². The molecule has 0 unspecified atom stereocenters. The molecule has 0 radical (unpaired) electrons. The number of nitrogens with zero attached hydrogens (tertiary/aromatic N) is 3. The average Bonchev–Trinajstić information content (AvgIpc) is 2.99. The summed E-state index contributed by atoms with van der Waals surface area (Å²) in [6.45, 7) is 4.64. The highest BCUT2D eigenvalue weighted by molar-refractivity contribution is 6.33. The number of β-amino-alcohol motifs (C(OH)–C–C–N with tert-alkyl or cyclic N) is 1. The van der Waals surface area contributed by atoms with E-state index in [4.69, 9.17) is 11.6 Å². The van der Waals surface area contributed by atoms with Crippen LogP contribution in [0.3, 0.4) is 0 Å². The molecule has 4 rings (SSSR count). The number of hydrogen-bond acceptors (Lipinski definition) is 4. The van der Waals surface area contributed by atoms with Crippen LogP contribution in [-0.4, -0.2) is 58.5 Å². The van der Waals surface area contributed by atoms with E-state index < -0.39 is 6.10 Å². The first-order valence-electron chi connectivity index (χ1n) is 9.28. The van der Waals surface area contributed by atoms with Crippen LogP contribution in [0.25, 0.3) is 10.9 Å². The molecule has 2 N–H and O–H groups in total. The maximum absolute atomic E-state index is 10.6. The molecule has 1 atom stereocenters. The van der Waals surface area contributed by atoms with Gasteiger partial charge in [0.15, 0.2) is 0 Å². The molecule has 5 nitrogen and oxygen atoms in total. The van der Waals surface area contributed by atoms with Gasteiger partial charge in [-0.25, -0.2) is 0 Å². The lowest BCUT2D eigenvalue weighted by Crippen LogP contribution is -2.49. The maximum atomic E-state index is 10.6. The van der Waals surface area contributed by atoms with E-state index in [1.54, 1.807) is 6.20 Å². The van der Waals surface area contributed by atoms with Crippen molar-refractivity contribution in [2.45, 2.75) is 12.6 Å². The molecular formula is C21H24ClN3O2. The molecule has 3 aromatic rings. The molecule has 142 valence electrons. The predicted octanol–water partition coefficient (Wildman–Crippen LogP) is 3.18. The number of benzene rings is 2. The summed E-state index contributed by atoms with van der Waals surface area (Å²) in [5.74, 6) is 0.256. The lowest BCUT2D eigenvalue weighted by atomic mass is 10.2. The molecule has 1 aromatic heterocycles. The summed E-state index contributed by atoms with van der Waals surface area (Å²) in [6.07, 6.45) is 1.20. The van der Waals surface area contributed by atoms with Crippen LogP contribution in [0.4, 0.5) is 5.69 Å². The summed E-state index contributed by atoms with van der Waals surface area (Å²) < 4.78 is 1.93. The van der Waals surface area contributed by atoms with Crippen LogP contribution in [0.1, 0.15) is 0 Å². The monoisotopic (exact) mass is 385 g/mol. The van der Waals surface area contributed by atoms with Crippen LogP contribution in [0.5, 0.6) is 5.75 Å². The molecule has 1 fully saturated rings. The molecule has 0 aliphatic carbocycles. The van der Waals surface area contributed by atoms with E-state index in [0.29, 0.717) is 13.1 Å². The van der Waals surface area contributed by atoms with Crippen LogP contribution < -0.4 is 4.90 Å². The molecule has 1 saturated heterocycles. The van der Waals surface area contributed by atoms with Crippen LogP contribution in [0.15, 0.2) is 54.7 Å². The summed E-state index contributed by atoms with van der Waals surface area (Å²) in [7, 11) is 0. The summed E-state index contributed by atoms with van der Waals surface area (Å²) in [4.78, 5) is 4.58. The standard InChI is InChI=1S/C21H24ClN3O2/c22-18-6-2-4-8-20(18)24-11-9-23(10-12-24)13-16(26)14-25-15-21(27)17-5-1-3-7-19(17)25/h1-8,15-16,26-27H,9-14H2/t16-/m1/s1. The highest BCUT2D eigenvalue weighted by Gasteiger charge is 2.21. The summed E-state index contributed by atoms with van der Waals surface area (Å²) >= 11 is 6.30. The van der Waals surface area contributed by atoms with E-state index in [0.717, 1.165) is 47.8 Å². The van der Waals surface area contributed by atoms with Gasteiger partial charge in [0.25, 0.3) is 0 Å². The molecule has 2 heterocycles. The Morgan fingerprint density at radius 3 is 2.41 bits per heavy atom. The first-order chi connectivity index (χ1) is 13.1. The van der Waals surface area contributed by atoms with Crippen molar-refractivity contribution >= 4 is 28.2 Å². The fourth-order valence-corrected chi connectivity index (χ4v) is 4.10. The number of rotatable bonds is 5. The van der Waals surface area contributed by atoms with E-state index in [-0.39, 0.29) is 5.75 Å². The fraction of sp³-hybridized carbons (Fsp3) is 0.333. The number of aliphatic hydroxyl groups excluding tert-OH is 1.